The van der Waals surface area contributed by atoms with Crippen LogP contribution in [0.2, 0.25) is 0 Å². The maximum Gasteiger partial charge on any atom is 0.348 e. The van der Waals surface area contributed by atoms with Crippen LogP contribution < -0.4 is 5.32 Å². The normalized spacial score (nSPS) is 23.3. The molecular formula is C17H23NO4S. The number of carbonyl (C=O) groups is 2. The van der Waals surface area contributed by atoms with Crippen molar-refractivity contribution in [2.75, 3.05) is 19.8 Å². The molecule has 0 unspecified atom stereocenters. The van der Waals surface area contributed by atoms with E-state index in [9.17, 15) is 9.59 Å². The molecule has 5 nitrogen and oxygen atoms in total. The van der Waals surface area contributed by atoms with E-state index in [2.05, 4.69) is 12.2 Å². The number of thiophene rings is 1. The Kier molecular flexibility index (Phi) is 5.33. The zero-order valence-corrected chi connectivity index (χ0v) is 14.2. The van der Waals surface area contributed by atoms with Crippen molar-refractivity contribution >= 4 is 23.2 Å². The van der Waals surface area contributed by atoms with E-state index in [0.29, 0.717) is 17.3 Å². The first-order chi connectivity index (χ1) is 11.1. The van der Waals surface area contributed by atoms with Gasteiger partial charge < -0.3 is 14.8 Å². The van der Waals surface area contributed by atoms with Gasteiger partial charge in [0.25, 0.3) is 5.91 Å². The third-order valence-corrected chi connectivity index (χ3v) is 5.63. The Labute approximate surface area is 140 Å². The number of rotatable bonds is 5. The number of carbonyl (C=O) groups excluding carboxylic acids is 2. The first-order valence-corrected chi connectivity index (χ1v) is 9.10. The van der Waals surface area contributed by atoms with Crippen molar-refractivity contribution in [3.8, 4) is 0 Å². The van der Waals surface area contributed by atoms with Crippen LogP contribution in [0.15, 0.2) is 6.07 Å². The van der Waals surface area contributed by atoms with Crippen LogP contribution in [0.1, 0.15) is 46.3 Å². The van der Waals surface area contributed by atoms with E-state index in [1.165, 1.54) is 28.2 Å². The van der Waals surface area contributed by atoms with Gasteiger partial charge in [0.2, 0.25) is 0 Å². The fourth-order valence-electron chi connectivity index (χ4n) is 3.09. The molecule has 0 bridgehead atoms. The van der Waals surface area contributed by atoms with Gasteiger partial charge in [-0.05, 0) is 49.7 Å². The SMILES string of the molecule is C[C@@H]1CCc2sc(C(=O)OCC(=O)NC[C@H]3CCCO3)cc2C1. The Morgan fingerprint density at radius 3 is 3.09 bits per heavy atom. The van der Waals surface area contributed by atoms with Gasteiger partial charge in [-0.3, -0.25) is 4.79 Å². The lowest BCUT2D eigenvalue weighted by Gasteiger charge is -2.16. The second kappa shape index (κ2) is 7.45. The summed E-state index contributed by atoms with van der Waals surface area (Å²) < 4.78 is 10.6. The summed E-state index contributed by atoms with van der Waals surface area (Å²) in [6.07, 6.45) is 5.35. The summed E-state index contributed by atoms with van der Waals surface area (Å²) in [4.78, 5) is 25.7. The summed E-state index contributed by atoms with van der Waals surface area (Å²) in [5.74, 6) is -0.00216. The summed E-state index contributed by atoms with van der Waals surface area (Å²) in [5.41, 5.74) is 1.27. The lowest BCUT2D eigenvalue weighted by molar-refractivity contribution is -0.124. The van der Waals surface area contributed by atoms with Crippen LogP contribution in [-0.2, 0) is 27.1 Å². The van der Waals surface area contributed by atoms with E-state index in [1.54, 1.807) is 0 Å². The van der Waals surface area contributed by atoms with Gasteiger partial charge in [-0.2, -0.15) is 0 Å². The Balaban J connectivity index is 1.44. The van der Waals surface area contributed by atoms with E-state index in [1.807, 2.05) is 6.07 Å². The minimum absolute atomic E-state index is 0.0978. The number of aryl methyl sites for hydroxylation is 1. The van der Waals surface area contributed by atoms with Crippen molar-refractivity contribution in [2.45, 2.75) is 45.1 Å². The number of hydrogen-bond acceptors (Lipinski definition) is 5. The second-order valence-electron chi connectivity index (χ2n) is 6.42. The van der Waals surface area contributed by atoms with Crippen LogP contribution in [0.5, 0.6) is 0 Å². The molecule has 2 heterocycles. The molecule has 126 valence electrons. The molecular weight excluding hydrogens is 314 g/mol. The minimum atomic E-state index is -0.399. The predicted octanol–water partition coefficient (Wildman–Crippen LogP) is 2.32. The van der Waals surface area contributed by atoms with Crippen LogP contribution in [0.3, 0.4) is 0 Å². The largest absolute Gasteiger partial charge is 0.451 e. The monoisotopic (exact) mass is 337 g/mol. The summed E-state index contributed by atoms with van der Waals surface area (Å²) >= 11 is 1.50. The third kappa shape index (κ3) is 4.32. The van der Waals surface area contributed by atoms with Gasteiger partial charge in [0.05, 0.1) is 6.10 Å². The average molecular weight is 337 g/mol. The Hall–Kier alpha value is -1.40. The molecule has 1 aliphatic heterocycles. The molecule has 2 aliphatic rings. The van der Waals surface area contributed by atoms with Crippen molar-refractivity contribution in [1.29, 1.82) is 0 Å². The molecule has 1 amide bonds. The molecule has 0 saturated carbocycles. The van der Waals surface area contributed by atoms with Crippen LogP contribution in [0.25, 0.3) is 0 Å². The number of esters is 1. The van der Waals surface area contributed by atoms with Crippen LogP contribution in [-0.4, -0.2) is 37.7 Å². The molecule has 23 heavy (non-hydrogen) atoms. The fraction of sp³-hybridized carbons (Fsp3) is 0.647. The molecule has 1 aromatic heterocycles. The number of hydrogen-bond donors (Lipinski definition) is 1. The smallest absolute Gasteiger partial charge is 0.348 e. The molecule has 1 aliphatic carbocycles. The molecule has 2 atom stereocenters. The lowest BCUT2D eigenvalue weighted by Crippen LogP contribution is -2.34. The first kappa shape index (κ1) is 16.5. The maximum absolute atomic E-state index is 12.1. The number of ether oxygens (including phenoxy) is 2. The van der Waals surface area contributed by atoms with Gasteiger partial charge in [-0.1, -0.05) is 6.92 Å². The zero-order valence-electron chi connectivity index (χ0n) is 13.4. The van der Waals surface area contributed by atoms with Crippen molar-refractivity contribution in [3.05, 3.63) is 21.4 Å². The van der Waals surface area contributed by atoms with E-state index >= 15 is 0 Å². The first-order valence-electron chi connectivity index (χ1n) is 8.29. The van der Waals surface area contributed by atoms with Gasteiger partial charge in [0.15, 0.2) is 6.61 Å². The van der Waals surface area contributed by atoms with Crippen molar-refractivity contribution < 1.29 is 19.1 Å². The molecule has 1 aromatic rings. The highest BCUT2D eigenvalue weighted by molar-refractivity contribution is 7.14. The Bertz CT molecular complexity index is 577. The highest BCUT2D eigenvalue weighted by Crippen LogP contribution is 2.32. The van der Waals surface area contributed by atoms with Gasteiger partial charge in [-0.25, -0.2) is 4.79 Å². The summed E-state index contributed by atoms with van der Waals surface area (Å²) in [6.45, 7) is 3.25. The number of fused-ring (bicyclic) bond motifs is 1. The van der Waals surface area contributed by atoms with Gasteiger partial charge >= 0.3 is 5.97 Å². The molecule has 0 aromatic carbocycles. The standard InChI is InChI=1S/C17H23NO4S/c1-11-4-5-14-12(7-11)8-15(23-14)17(20)22-10-16(19)18-9-13-3-2-6-21-13/h8,11,13H,2-7,9-10H2,1H3,(H,18,19)/t11-,13-/m1/s1. The molecule has 1 N–H and O–H groups in total. The van der Waals surface area contributed by atoms with Gasteiger partial charge in [0.1, 0.15) is 4.88 Å². The summed E-state index contributed by atoms with van der Waals surface area (Å²) in [6, 6.07) is 1.93. The topological polar surface area (TPSA) is 64.6 Å². The van der Waals surface area contributed by atoms with Crippen LogP contribution >= 0.6 is 11.3 Å². The summed E-state index contributed by atoms with van der Waals surface area (Å²) in [7, 11) is 0. The Morgan fingerprint density at radius 2 is 2.30 bits per heavy atom. The fourth-order valence-corrected chi connectivity index (χ4v) is 4.19. The zero-order chi connectivity index (χ0) is 16.2. The molecule has 6 heteroatoms. The predicted molar refractivity (Wildman–Crippen MR) is 87.8 cm³/mol. The van der Waals surface area contributed by atoms with Crippen molar-refractivity contribution in [3.63, 3.8) is 0 Å². The highest BCUT2D eigenvalue weighted by Gasteiger charge is 2.22. The van der Waals surface area contributed by atoms with E-state index < -0.39 is 5.97 Å². The van der Waals surface area contributed by atoms with Crippen LogP contribution in [0, 0.1) is 5.92 Å². The second-order valence-corrected chi connectivity index (χ2v) is 7.56. The molecule has 1 saturated heterocycles. The lowest BCUT2D eigenvalue weighted by atomic mass is 9.90. The quantitative estimate of drug-likeness (QED) is 0.838. The Morgan fingerprint density at radius 1 is 1.43 bits per heavy atom. The molecule has 0 radical (unpaired) electrons. The third-order valence-electron chi connectivity index (χ3n) is 4.42. The van der Waals surface area contributed by atoms with E-state index in [4.69, 9.17) is 9.47 Å². The van der Waals surface area contributed by atoms with E-state index in [0.717, 1.165) is 32.3 Å². The van der Waals surface area contributed by atoms with Crippen molar-refractivity contribution in [1.82, 2.24) is 5.32 Å². The van der Waals surface area contributed by atoms with Crippen LogP contribution in [0.4, 0.5) is 0 Å². The van der Waals surface area contributed by atoms with Gasteiger partial charge in [0, 0.05) is 18.0 Å². The highest BCUT2D eigenvalue weighted by atomic mass is 32.1. The van der Waals surface area contributed by atoms with E-state index in [-0.39, 0.29) is 18.6 Å². The molecule has 0 spiro atoms. The number of amides is 1. The molecule has 3 rings (SSSR count). The van der Waals surface area contributed by atoms with Gasteiger partial charge in [-0.15, -0.1) is 11.3 Å². The van der Waals surface area contributed by atoms with Crippen molar-refractivity contribution in [2.24, 2.45) is 5.92 Å². The summed E-state index contributed by atoms with van der Waals surface area (Å²) in [5, 5.41) is 2.75. The minimum Gasteiger partial charge on any atom is -0.451 e. The number of nitrogens with one attached hydrogen (secondary N) is 1. The average Bonchev–Trinajstić information content (AvgIpc) is 3.19. The molecule has 1 fully saturated rings. The maximum atomic E-state index is 12.1.